The van der Waals surface area contributed by atoms with Gasteiger partial charge in [-0.05, 0) is 72.0 Å². The Morgan fingerprint density at radius 3 is 2.00 bits per heavy atom. The Labute approximate surface area is 114 Å². The van der Waals surface area contributed by atoms with E-state index in [0.29, 0.717) is 10.8 Å². The van der Waals surface area contributed by atoms with Crippen molar-refractivity contribution in [2.24, 2.45) is 46.3 Å². The molecule has 3 fully saturated rings. The Morgan fingerprint density at radius 1 is 0.833 bits per heavy atom. The Morgan fingerprint density at radius 2 is 1.44 bits per heavy atom. The minimum atomic E-state index is 0.546. The van der Waals surface area contributed by atoms with Crippen molar-refractivity contribution in [2.75, 3.05) is 0 Å². The van der Waals surface area contributed by atoms with Crippen LogP contribution >= 0.6 is 0 Å². The molecule has 0 saturated heterocycles. The van der Waals surface area contributed by atoms with Crippen molar-refractivity contribution in [1.82, 2.24) is 0 Å². The summed E-state index contributed by atoms with van der Waals surface area (Å²) >= 11 is 0. The van der Waals surface area contributed by atoms with Gasteiger partial charge in [0.05, 0.1) is 0 Å². The molecule has 0 amide bonds. The van der Waals surface area contributed by atoms with Gasteiger partial charge in [0, 0.05) is 0 Å². The van der Waals surface area contributed by atoms with E-state index in [2.05, 4.69) is 41.5 Å². The highest BCUT2D eigenvalue weighted by molar-refractivity contribution is 5.10. The van der Waals surface area contributed by atoms with Gasteiger partial charge in [-0.25, -0.2) is 0 Å². The summed E-state index contributed by atoms with van der Waals surface area (Å²) < 4.78 is 0. The van der Waals surface area contributed by atoms with E-state index < -0.39 is 0 Å². The molecule has 0 heterocycles. The van der Waals surface area contributed by atoms with Gasteiger partial charge in [-0.1, -0.05) is 41.5 Å². The van der Waals surface area contributed by atoms with Crippen LogP contribution in [0.2, 0.25) is 0 Å². The second-order valence-electron chi connectivity index (χ2n) is 9.21. The lowest BCUT2D eigenvalue weighted by Crippen LogP contribution is -2.39. The highest BCUT2D eigenvalue weighted by Crippen LogP contribution is 2.68. The van der Waals surface area contributed by atoms with Crippen LogP contribution in [0.5, 0.6) is 0 Å². The molecule has 18 heavy (non-hydrogen) atoms. The lowest BCUT2D eigenvalue weighted by Gasteiger charge is -2.47. The molecule has 3 rings (SSSR count). The van der Waals surface area contributed by atoms with Crippen molar-refractivity contribution >= 4 is 0 Å². The summed E-state index contributed by atoms with van der Waals surface area (Å²) in [6.07, 6.45) is 6.06. The molecule has 0 heteroatoms. The van der Waals surface area contributed by atoms with Crippen LogP contribution in [0.1, 0.15) is 67.2 Å². The van der Waals surface area contributed by atoms with Crippen molar-refractivity contribution < 1.29 is 0 Å². The van der Waals surface area contributed by atoms with E-state index in [9.17, 15) is 0 Å². The van der Waals surface area contributed by atoms with Gasteiger partial charge < -0.3 is 0 Å². The maximum Gasteiger partial charge on any atom is -0.0269 e. The van der Waals surface area contributed by atoms with Gasteiger partial charge in [0.15, 0.2) is 0 Å². The number of rotatable bonds is 1. The predicted molar refractivity (Wildman–Crippen MR) is 78.3 cm³/mol. The molecule has 0 radical (unpaired) electrons. The van der Waals surface area contributed by atoms with Crippen LogP contribution in [0.15, 0.2) is 0 Å². The molecular weight excluding hydrogens is 216 g/mol. The van der Waals surface area contributed by atoms with Gasteiger partial charge >= 0.3 is 0 Å². The average molecular weight is 248 g/mol. The molecule has 104 valence electrons. The number of fused-ring (bicyclic) bond motifs is 1. The maximum atomic E-state index is 2.57. The predicted octanol–water partition coefficient (Wildman–Crippen LogP) is 5.38. The third-order valence-corrected chi connectivity index (χ3v) is 7.64. The van der Waals surface area contributed by atoms with Crippen molar-refractivity contribution in [3.63, 3.8) is 0 Å². The first kappa shape index (κ1) is 13.0. The summed E-state index contributed by atoms with van der Waals surface area (Å²) in [7, 11) is 0. The van der Waals surface area contributed by atoms with Crippen LogP contribution < -0.4 is 0 Å². The summed E-state index contributed by atoms with van der Waals surface area (Å²) in [6.45, 7) is 15.2. The standard InChI is InChI=1S/C18H32/c1-11-7-13(8-11)14-9-12(2)15-10-17(3,4)18(5,6)16(14)15/h11-16H,7-10H2,1-6H3. The van der Waals surface area contributed by atoms with E-state index in [1.54, 1.807) is 0 Å². The summed E-state index contributed by atoms with van der Waals surface area (Å²) in [5.74, 6) is 6.17. The third kappa shape index (κ3) is 1.56. The normalized spacial score (nSPS) is 53.0. The molecule has 3 aliphatic carbocycles. The zero-order valence-corrected chi connectivity index (χ0v) is 13.3. The molecule has 0 aromatic rings. The molecule has 4 atom stereocenters. The molecule has 0 aromatic carbocycles. The molecule has 3 saturated carbocycles. The first-order chi connectivity index (χ1) is 8.24. The minimum absolute atomic E-state index is 0.546. The van der Waals surface area contributed by atoms with Crippen LogP contribution in [0.3, 0.4) is 0 Å². The van der Waals surface area contributed by atoms with E-state index in [0.717, 1.165) is 35.5 Å². The molecule has 0 bridgehead atoms. The summed E-state index contributed by atoms with van der Waals surface area (Å²) in [5.41, 5.74) is 1.09. The van der Waals surface area contributed by atoms with Crippen LogP contribution in [-0.2, 0) is 0 Å². The van der Waals surface area contributed by atoms with Gasteiger partial charge in [0.1, 0.15) is 0 Å². The van der Waals surface area contributed by atoms with Crippen molar-refractivity contribution in [3.05, 3.63) is 0 Å². The van der Waals surface area contributed by atoms with E-state index in [1.807, 2.05) is 0 Å². The largest absolute Gasteiger partial charge is 0.0625 e. The van der Waals surface area contributed by atoms with E-state index >= 15 is 0 Å². The SMILES string of the molecule is CC1CC(C2CC(C)C3CC(C)(C)C(C)(C)C32)C1. The fourth-order valence-corrected chi connectivity index (χ4v) is 5.92. The summed E-state index contributed by atoms with van der Waals surface area (Å²) in [4.78, 5) is 0. The molecule has 3 aliphatic rings. The maximum absolute atomic E-state index is 2.57. The summed E-state index contributed by atoms with van der Waals surface area (Å²) in [6, 6.07) is 0. The van der Waals surface area contributed by atoms with Crippen LogP contribution in [0, 0.1) is 46.3 Å². The highest BCUT2D eigenvalue weighted by Gasteiger charge is 2.61. The van der Waals surface area contributed by atoms with Crippen LogP contribution in [-0.4, -0.2) is 0 Å². The molecule has 0 spiro atoms. The smallest absolute Gasteiger partial charge is 0.0269 e. The number of hydrogen-bond acceptors (Lipinski definition) is 0. The summed E-state index contributed by atoms with van der Waals surface area (Å²) in [5, 5.41) is 0. The van der Waals surface area contributed by atoms with Gasteiger partial charge in [-0.2, -0.15) is 0 Å². The van der Waals surface area contributed by atoms with E-state index in [-0.39, 0.29) is 0 Å². The second kappa shape index (κ2) is 3.76. The third-order valence-electron chi connectivity index (χ3n) is 7.64. The van der Waals surface area contributed by atoms with E-state index in [4.69, 9.17) is 0 Å². The fraction of sp³-hybridized carbons (Fsp3) is 1.00. The quantitative estimate of drug-likeness (QED) is 0.584. The highest BCUT2D eigenvalue weighted by atomic mass is 14.7. The first-order valence-electron chi connectivity index (χ1n) is 8.24. The molecule has 0 aliphatic heterocycles. The lowest BCUT2D eigenvalue weighted by molar-refractivity contribution is 0.0224. The first-order valence-corrected chi connectivity index (χ1v) is 8.24. The molecule has 0 nitrogen and oxygen atoms in total. The van der Waals surface area contributed by atoms with Gasteiger partial charge in [-0.3, -0.25) is 0 Å². The minimum Gasteiger partial charge on any atom is -0.0625 e. The Hall–Kier alpha value is 0. The van der Waals surface area contributed by atoms with E-state index in [1.165, 1.54) is 25.7 Å². The van der Waals surface area contributed by atoms with Gasteiger partial charge in [-0.15, -0.1) is 0 Å². The van der Waals surface area contributed by atoms with Crippen molar-refractivity contribution in [3.8, 4) is 0 Å². The van der Waals surface area contributed by atoms with Crippen LogP contribution in [0.4, 0.5) is 0 Å². The zero-order chi connectivity index (χ0) is 13.3. The molecule has 4 unspecified atom stereocenters. The van der Waals surface area contributed by atoms with Crippen molar-refractivity contribution in [1.29, 1.82) is 0 Å². The zero-order valence-electron chi connectivity index (χ0n) is 13.3. The molecular formula is C18H32. The van der Waals surface area contributed by atoms with Gasteiger partial charge in [0.2, 0.25) is 0 Å². The number of hydrogen-bond donors (Lipinski definition) is 0. The Balaban J connectivity index is 1.87. The lowest BCUT2D eigenvalue weighted by atomic mass is 9.58. The Bertz CT molecular complexity index is 332. The van der Waals surface area contributed by atoms with Crippen molar-refractivity contribution in [2.45, 2.75) is 67.2 Å². The van der Waals surface area contributed by atoms with Gasteiger partial charge in [0.25, 0.3) is 0 Å². The monoisotopic (exact) mass is 248 g/mol. The second-order valence-corrected chi connectivity index (χ2v) is 9.21. The fourth-order valence-electron chi connectivity index (χ4n) is 5.92. The Kier molecular flexibility index (Phi) is 2.72. The van der Waals surface area contributed by atoms with Crippen LogP contribution in [0.25, 0.3) is 0 Å². The topological polar surface area (TPSA) is 0 Å². The molecule has 0 aromatic heterocycles. The molecule has 0 N–H and O–H groups in total. The average Bonchev–Trinajstić information content (AvgIpc) is 2.59.